The Balaban J connectivity index is 0.000000732. The van der Waals surface area contributed by atoms with E-state index in [1.165, 1.54) is 6.92 Å². The number of hydrogen-bond acceptors (Lipinski definition) is 6. The highest BCUT2D eigenvalue weighted by atomic mass is 19.4. The summed E-state index contributed by atoms with van der Waals surface area (Å²) in [5.74, 6) is 1.23. The molecule has 0 bridgehead atoms. The Morgan fingerprint density at radius 1 is 1.16 bits per heavy atom. The average Bonchev–Trinajstić information content (AvgIpc) is 3.28. The van der Waals surface area contributed by atoms with Crippen LogP contribution >= 0.6 is 0 Å². The van der Waals surface area contributed by atoms with Gasteiger partial charge in [-0.25, -0.2) is 28.3 Å². The van der Waals surface area contributed by atoms with E-state index in [9.17, 15) is 22.0 Å². The lowest BCUT2D eigenvalue weighted by molar-refractivity contribution is -0.138. The zero-order valence-electron chi connectivity index (χ0n) is 22.1. The number of rotatable bonds is 7. The van der Waals surface area contributed by atoms with Gasteiger partial charge < -0.3 is 10.2 Å². The summed E-state index contributed by atoms with van der Waals surface area (Å²) in [6.45, 7) is 8.65. The number of pyridine rings is 1. The number of anilines is 1. The third-order valence-corrected chi connectivity index (χ3v) is 6.05. The molecule has 0 atom stereocenters. The van der Waals surface area contributed by atoms with Crippen LogP contribution in [-0.4, -0.2) is 68.5 Å². The van der Waals surface area contributed by atoms with Gasteiger partial charge in [-0.05, 0) is 51.3 Å². The molecule has 0 spiro atoms. The first kappa shape index (κ1) is 29.4. The van der Waals surface area contributed by atoms with E-state index in [-0.39, 0.29) is 19.0 Å². The normalized spacial score (nSPS) is 14.9. The molecule has 3 aromatic heterocycles. The number of halogens is 5. The van der Waals surface area contributed by atoms with Gasteiger partial charge in [-0.3, -0.25) is 0 Å². The highest BCUT2D eigenvalue weighted by Gasteiger charge is 2.29. The van der Waals surface area contributed by atoms with Gasteiger partial charge >= 0.3 is 6.18 Å². The Morgan fingerprint density at radius 2 is 1.84 bits per heavy atom. The van der Waals surface area contributed by atoms with Crippen LogP contribution in [-0.2, 0) is 0 Å². The number of hydrogen-bond donors (Lipinski definition) is 1. The molecule has 4 heterocycles. The predicted octanol–water partition coefficient (Wildman–Crippen LogP) is 6.70. The molecule has 208 valence electrons. The number of aliphatic imine (C=N–C) groups is 1. The van der Waals surface area contributed by atoms with Crippen LogP contribution < -0.4 is 5.32 Å². The first-order valence-electron chi connectivity index (χ1n) is 12.6. The van der Waals surface area contributed by atoms with Crippen molar-refractivity contribution < 1.29 is 22.0 Å². The smallest absolute Gasteiger partial charge is 0.350 e. The lowest BCUT2D eigenvalue weighted by atomic mass is 10.1. The van der Waals surface area contributed by atoms with Gasteiger partial charge in [0.1, 0.15) is 0 Å². The minimum atomic E-state index is -4.10. The number of aromatic nitrogens is 4. The Hall–Kier alpha value is -3.15. The van der Waals surface area contributed by atoms with Crippen LogP contribution in [0.5, 0.6) is 0 Å². The molecule has 0 radical (unpaired) electrons. The van der Waals surface area contributed by atoms with Crippen molar-refractivity contribution in [1.29, 1.82) is 0 Å². The van der Waals surface area contributed by atoms with Crippen molar-refractivity contribution in [3.8, 4) is 11.1 Å². The molecule has 0 saturated carbocycles. The molecule has 1 aliphatic rings. The van der Waals surface area contributed by atoms with Crippen LogP contribution in [0.2, 0.25) is 0 Å². The zero-order valence-corrected chi connectivity index (χ0v) is 22.1. The number of aryl methyl sites for hydroxylation is 1. The summed E-state index contributed by atoms with van der Waals surface area (Å²) in [5, 5.41) is 7.90. The van der Waals surface area contributed by atoms with Gasteiger partial charge in [0.25, 0.3) is 0 Å². The molecule has 7 nitrogen and oxygen atoms in total. The quantitative estimate of drug-likeness (QED) is 0.267. The van der Waals surface area contributed by atoms with Crippen molar-refractivity contribution in [1.82, 2.24) is 24.5 Å². The zero-order chi connectivity index (χ0) is 27.9. The van der Waals surface area contributed by atoms with E-state index in [4.69, 9.17) is 0 Å². The molecule has 1 fully saturated rings. The Morgan fingerprint density at radius 3 is 2.42 bits per heavy atom. The number of nitrogens with one attached hydrogen (secondary N) is 1. The second-order valence-electron chi connectivity index (χ2n) is 9.49. The molecule has 0 aromatic carbocycles. The fourth-order valence-electron chi connectivity index (χ4n) is 4.02. The summed E-state index contributed by atoms with van der Waals surface area (Å²) >= 11 is 0. The van der Waals surface area contributed by atoms with E-state index in [0.29, 0.717) is 19.0 Å². The molecule has 3 aromatic rings. The summed E-state index contributed by atoms with van der Waals surface area (Å²) in [6.07, 6.45) is -0.0224. The van der Waals surface area contributed by atoms with Crippen molar-refractivity contribution in [3.63, 3.8) is 0 Å². The van der Waals surface area contributed by atoms with Crippen LogP contribution in [0.25, 0.3) is 16.6 Å². The Kier molecular flexibility index (Phi) is 10.1. The largest absolute Gasteiger partial charge is 0.390 e. The van der Waals surface area contributed by atoms with Crippen molar-refractivity contribution in [2.24, 2.45) is 4.99 Å². The predicted molar refractivity (Wildman–Crippen MR) is 139 cm³/mol. The molecule has 1 N–H and O–H groups in total. The van der Waals surface area contributed by atoms with Crippen molar-refractivity contribution >= 4 is 23.0 Å². The first-order chi connectivity index (χ1) is 17.9. The van der Waals surface area contributed by atoms with Gasteiger partial charge in [-0.1, -0.05) is 6.92 Å². The van der Waals surface area contributed by atoms with E-state index in [1.807, 2.05) is 44.1 Å². The van der Waals surface area contributed by atoms with Crippen LogP contribution in [0.15, 0.2) is 35.7 Å². The number of piperidine rings is 1. The molecule has 0 amide bonds. The molecule has 1 aliphatic heterocycles. The van der Waals surface area contributed by atoms with Gasteiger partial charge in [0.15, 0.2) is 5.82 Å². The molecule has 38 heavy (non-hydrogen) atoms. The fourth-order valence-corrected chi connectivity index (χ4v) is 4.02. The second kappa shape index (κ2) is 13.1. The summed E-state index contributed by atoms with van der Waals surface area (Å²) in [7, 11) is 0. The lowest BCUT2D eigenvalue weighted by Crippen LogP contribution is -2.40. The monoisotopic (exact) mass is 539 g/mol. The second-order valence-corrected chi connectivity index (χ2v) is 9.49. The SMILES string of the molecule is CC(C)=Nc1ncc(-c2ccn3nc(NC4CCN(CCC(F)(F)F)CC4)ncc23)cc1C.CCC(F)F. The van der Waals surface area contributed by atoms with E-state index in [0.717, 1.165) is 46.6 Å². The maximum Gasteiger partial charge on any atom is 0.390 e. The summed E-state index contributed by atoms with van der Waals surface area (Å²) in [5.41, 5.74) is 4.77. The molecule has 4 rings (SSSR count). The number of nitrogens with zero attached hydrogens (tertiary/aromatic N) is 6. The standard InChI is InChI=1S/C23H28F3N7.C3H6F2/c1-15(2)29-21-16(3)12-17(13-27-21)19-6-10-33-20(19)14-28-22(31-33)30-18-4-8-32(9-5-18)11-7-23(24,25)26;1-2-3(4)5/h6,10,12-14,18H,4-5,7-9,11H2,1-3H3,(H,30,31);3H,2H2,1H3. The molecule has 0 aliphatic carbocycles. The van der Waals surface area contributed by atoms with Gasteiger partial charge in [0.2, 0.25) is 12.4 Å². The Bertz CT molecular complexity index is 1210. The highest BCUT2D eigenvalue weighted by Crippen LogP contribution is 2.28. The van der Waals surface area contributed by atoms with Gasteiger partial charge in [0, 0.05) is 61.3 Å². The molecular formula is C26H34F5N7. The van der Waals surface area contributed by atoms with E-state index < -0.39 is 19.0 Å². The maximum atomic E-state index is 12.4. The minimum Gasteiger partial charge on any atom is -0.350 e. The summed E-state index contributed by atoms with van der Waals surface area (Å²) < 4.78 is 60.6. The maximum absolute atomic E-state index is 12.4. The molecule has 12 heteroatoms. The topological polar surface area (TPSA) is 70.7 Å². The van der Waals surface area contributed by atoms with E-state index in [1.54, 1.807) is 10.7 Å². The summed E-state index contributed by atoms with van der Waals surface area (Å²) in [4.78, 5) is 15.3. The van der Waals surface area contributed by atoms with Crippen molar-refractivity contribution in [2.45, 2.75) is 72.0 Å². The summed E-state index contributed by atoms with van der Waals surface area (Å²) in [6, 6.07) is 4.18. The molecule has 1 saturated heterocycles. The number of alkyl halides is 5. The van der Waals surface area contributed by atoms with E-state index in [2.05, 4.69) is 31.4 Å². The van der Waals surface area contributed by atoms with Gasteiger partial charge in [-0.15, -0.1) is 5.10 Å². The van der Waals surface area contributed by atoms with E-state index >= 15 is 0 Å². The van der Waals surface area contributed by atoms with Crippen LogP contribution in [0.3, 0.4) is 0 Å². The highest BCUT2D eigenvalue weighted by molar-refractivity contribution is 5.83. The Labute approximate surface area is 219 Å². The van der Waals surface area contributed by atoms with Crippen molar-refractivity contribution in [3.05, 3.63) is 36.3 Å². The fraction of sp³-hybridized carbons (Fsp3) is 0.538. The van der Waals surface area contributed by atoms with Crippen LogP contribution in [0.4, 0.5) is 33.7 Å². The molecule has 0 unspecified atom stereocenters. The van der Waals surface area contributed by atoms with Gasteiger partial charge in [0.05, 0.1) is 18.1 Å². The van der Waals surface area contributed by atoms with Crippen LogP contribution in [0.1, 0.15) is 52.0 Å². The minimum absolute atomic E-state index is 0.0278. The average molecular weight is 540 g/mol. The number of fused-ring (bicyclic) bond motifs is 1. The third kappa shape index (κ3) is 8.71. The number of likely N-dealkylation sites (tertiary alicyclic amines) is 1. The van der Waals surface area contributed by atoms with Crippen molar-refractivity contribution in [2.75, 3.05) is 25.0 Å². The first-order valence-corrected chi connectivity index (χ1v) is 12.6. The third-order valence-electron chi connectivity index (χ3n) is 6.05. The molecular weight excluding hydrogens is 505 g/mol. The van der Waals surface area contributed by atoms with Gasteiger partial charge in [-0.2, -0.15) is 13.2 Å². The lowest BCUT2D eigenvalue weighted by Gasteiger charge is -2.32. The van der Waals surface area contributed by atoms with Crippen LogP contribution in [0, 0.1) is 6.92 Å².